The molecule has 0 radical (unpaired) electrons. The Hall–Kier alpha value is -2.41. The number of allylic oxidation sites excluding steroid dienone is 1. The molecule has 0 saturated heterocycles. The van der Waals surface area contributed by atoms with Gasteiger partial charge in [0.2, 0.25) is 0 Å². The van der Waals surface area contributed by atoms with Gasteiger partial charge < -0.3 is 5.01 Å². The molecule has 4 nitrogen and oxygen atoms in total. The lowest BCUT2D eigenvalue weighted by Gasteiger charge is -2.19. The maximum atomic E-state index is 12.9. The van der Waals surface area contributed by atoms with Crippen LogP contribution in [0, 0.1) is 0 Å². The number of hydrogen-bond acceptors (Lipinski definition) is 4. The summed E-state index contributed by atoms with van der Waals surface area (Å²) in [6.45, 7) is 0. The van der Waals surface area contributed by atoms with Gasteiger partial charge in [0.25, 0.3) is 0 Å². The molecule has 0 saturated carbocycles. The second-order valence-electron chi connectivity index (χ2n) is 4.88. The SMILES string of the molecule is CN1NC(c2cccc(-c3ccccn3)n2)C=C1C(F)(F)F. The van der Waals surface area contributed by atoms with Crippen molar-refractivity contribution in [2.24, 2.45) is 0 Å². The zero-order chi connectivity index (χ0) is 15.7. The van der Waals surface area contributed by atoms with E-state index in [1.165, 1.54) is 7.05 Å². The Balaban J connectivity index is 1.93. The number of rotatable bonds is 2. The van der Waals surface area contributed by atoms with Crippen LogP contribution in [0.25, 0.3) is 11.4 Å². The number of halogens is 3. The molecule has 2 aromatic rings. The maximum Gasteiger partial charge on any atom is 0.432 e. The van der Waals surface area contributed by atoms with Gasteiger partial charge in [-0.1, -0.05) is 12.1 Å². The van der Waals surface area contributed by atoms with Gasteiger partial charge in [-0.2, -0.15) is 13.2 Å². The molecule has 114 valence electrons. The molecule has 1 aliphatic rings. The fourth-order valence-corrected chi connectivity index (χ4v) is 2.30. The second-order valence-corrected chi connectivity index (χ2v) is 4.88. The summed E-state index contributed by atoms with van der Waals surface area (Å²) >= 11 is 0. The largest absolute Gasteiger partial charge is 0.432 e. The van der Waals surface area contributed by atoms with E-state index in [0.717, 1.165) is 11.1 Å². The van der Waals surface area contributed by atoms with Gasteiger partial charge in [-0.3, -0.25) is 4.98 Å². The minimum atomic E-state index is -4.39. The summed E-state index contributed by atoms with van der Waals surface area (Å²) in [5, 5.41) is 0.972. The Morgan fingerprint density at radius 3 is 2.50 bits per heavy atom. The lowest BCUT2D eigenvalue weighted by Crippen LogP contribution is -2.34. The molecule has 1 unspecified atom stereocenters. The van der Waals surface area contributed by atoms with E-state index in [9.17, 15) is 13.2 Å². The molecule has 1 N–H and O–H groups in total. The van der Waals surface area contributed by atoms with Crippen molar-refractivity contribution in [3.63, 3.8) is 0 Å². The molecule has 0 bridgehead atoms. The molecule has 7 heteroatoms. The summed E-state index contributed by atoms with van der Waals surface area (Å²) in [5.41, 5.74) is 3.83. The summed E-state index contributed by atoms with van der Waals surface area (Å²) in [6.07, 6.45) is -1.62. The molecular weight excluding hydrogens is 293 g/mol. The van der Waals surface area contributed by atoms with Crippen LogP contribution in [0.15, 0.2) is 54.4 Å². The zero-order valence-electron chi connectivity index (χ0n) is 11.7. The first-order chi connectivity index (χ1) is 10.4. The van der Waals surface area contributed by atoms with Crippen molar-refractivity contribution in [1.29, 1.82) is 0 Å². The normalized spacial score (nSPS) is 18.5. The molecule has 3 rings (SSSR count). The standard InChI is InChI=1S/C15H13F3N4/c1-22-14(15(16,17)18)9-13(21-22)12-7-4-6-11(20-12)10-5-2-3-8-19-10/h2-9,13,21H,1H3. The smallest absolute Gasteiger partial charge is 0.307 e. The molecular formula is C15H13F3N4. The van der Waals surface area contributed by atoms with E-state index in [1.807, 2.05) is 6.07 Å². The molecule has 22 heavy (non-hydrogen) atoms. The van der Waals surface area contributed by atoms with Gasteiger partial charge in [0.1, 0.15) is 5.70 Å². The number of alkyl halides is 3. The van der Waals surface area contributed by atoms with Crippen molar-refractivity contribution in [2.45, 2.75) is 12.2 Å². The highest BCUT2D eigenvalue weighted by Crippen LogP contribution is 2.34. The number of nitrogens with zero attached hydrogens (tertiary/aromatic N) is 3. The summed E-state index contributed by atoms with van der Waals surface area (Å²) in [5.74, 6) is 0. The quantitative estimate of drug-likeness (QED) is 0.926. The predicted molar refractivity (Wildman–Crippen MR) is 75.2 cm³/mol. The van der Waals surface area contributed by atoms with Crippen LogP contribution < -0.4 is 5.43 Å². The van der Waals surface area contributed by atoms with Gasteiger partial charge in [0, 0.05) is 13.2 Å². The van der Waals surface area contributed by atoms with Crippen molar-refractivity contribution in [1.82, 2.24) is 20.4 Å². The molecule has 0 fully saturated rings. The van der Waals surface area contributed by atoms with Crippen LogP contribution in [-0.2, 0) is 0 Å². The molecule has 0 aliphatic carbocycles. The van der Waals surface area contributed by atoms with Crippen LogP contribution in [0.5, 0.6) is 0 Å². The third-order valence-corrected chi connectivity index (χ3v) is 3.33. The number of pyridine rings is 2. The zero-order valence-corrected chi connectivity index (χ0v) is 11.7. The first kappa shape index (κ1) is 14.5. The van der Waals surface area contributed by atoms with E-state index in [2.05, 4.69) is 15.4 Å². The topological polar surface area (TPSA) is 41.0 Å². The minimum absolute atomic E-state index is 0.509. The fraction of sp³-hybridized carbons (Fsp3) is 0.200. The molecule has 0 spiro atoms. The summed E-state index contributed by atoms with van der Waals surface area (Å²) in [4.78, 5) is 8.61. The lowest BCUT2D eigenvalue weighted by molar-refractivity contribution is -0.110. The third kappa shape index (κ3) is 2.80. The van der Waals surface area contributed by atoms with Crippen LogP contribution >= 0.6 is 0 Å². The number of hydrazine groups is 1. The van der Waals surface area contributed by atoms with E-state index in [4.69, 9.17) is 0 Å². The van der Waals surface area contributed by atoms with Crippen LogP contribution in [0.1, 0.15) is 11.7 Å². The van der Waals surface area contributed by atoms with E-state index in [0.29, 0.717) is 17.1 Å². The number of aromatic nitrogens is 2. The van der Waals surface area contributed by atoms with Crippen LogP contribution in [0.2, 0.25) is 0 Å². The Morgan fingerprint density at radius 1 is 1.09 bits per heavy atom. The maximum absolute atomic E-state index is 12.9. The summed E-state index contributed by atoms with van der Waals surface area (Å²) in [6, 6.07) is 10.0. The first-order valence-corrected chi connectivity index (χ1v) is 6.62. The summed E-state index contributed by atoms with van der Waals surface area (Å²) in [7, 11) is 1.34. The van der Waals surface area contributed by atoms with Gasteiger partial charge >= 0.3 is 6.18 Å². The lowest BCUT2D eigenvalue weighted by atomic mass is 10.1. The highest BCUT2D eigenvalue weighted by atomic mass is 19.4. The van der Waals surface area contributed by atoms with Crippen LogP contribution in [0.3, 0.4) is 0 Å². The van der Waals surface area contributed by atoms with Gasteiger partial charge in [-0.25, -0.2) is 10.4 Å². The number of hydrogen-bond donors (Lipinski definition) is 1. The van der Waals surface area contributed by atoms with E-state index in [1.54, 1.807) is 36.5 Å². The van der Waals surface area contributed by atoms with E-state index < -0.39 is 17.9 Å². The molecule has 1 atom stereocenters. The average Bonchev–Trinajstić information content (AvgIpc) is 2.91. The predicted octanol–water partition coefficient (Wildman–Crippen LogP) is 3.08. The average molecular weight is 306 g/mol. The van der Waals surface area contributed by atoms with E-state index >= 15 is 0 Å². The Labute approximate surface area is 125 Å². The van der Waals surface area contributed by atoms with Crippen molar-refractivity contribution in [3.8, 4) is 11.4 Å². The Morgan fingerprint density at radius 2 is 1.86 bits per heavy atom. The van der Waals surface area contributed by atoms with Crippen LogP contribution in [0.4, 0.5) is 13.2 Å². The first-order valence-electron chi connectivity index (χ1n) is 6.62. The Bertz CT molecular complexity index is 697. The summed E-state index contributed by atoms with van der Waals surface area (Å²) < 4.78 is 38.6. The van der Waals surface area contributed by atoms with Crippen molar-refractivity contribution < 1.29 is 13.2 Å². The highest BCUT2D eigenvalue weighted by molar-refractivity contribution is 5.53. The molecule has 0 aromatic carbocycles. The van der Waals surface area contributed by atoms with E-state index in [-0.39, 0.29) is 0 Å². The molecule has 2 aromatic heterocycles. The van der Waals surface area contributed by atoms with Gasteiger partial charge in [0.05, 0.1) is 23.1 Å². The third-order valence-electron chi connectivity index (χ3n) is 3.33. The molecule has 3 heterocycles. The Kier molecular flexibility index (Phi) is 3.58. The molecule has 0 amide bonds. The highest BCUT2D eigenvalue weighted by Gasteiger charge is 2.41. The van der Waals surface area contributed by atoms with Gasteiger partial charge in [-0.15, -0.1) is 0 Å². The van der Waals surface area contributed by atoms with Gasteiger partial charge in [-0.05, 0) is 30.3 Å². The van der Waals surface area contributed by atoms with Crippen molar-refractivity contribution in [2.75, 3.05) is 7.05 Å². The van der Waals surface area contributed by atoms with Crippen molar-refractivity contribution >= 4 is 0 Å². The number of nitrogens with one attached hydrogen (secondary N) is 1. The monoisotopic (exact) mass is 306 g/mol. The van der Waals surface area contributed by atoms with Gasteiger partial charge in [0.15, 0.2) is 0 Å². The fourth-order valence-electron chi connectivity index (χ4n) is 2.30. The minimum Gasteiger partial charge on any atom is -0.307 e. The molecule has 1 aliphatic heterocycles. The second kappa shape index (κ2) is 5.42. The van der Waals surface area contributed by atoms with Crippen molar-refractivity contribution in [3.05, 3.63) is 60.1 Å². The van der Waals surface area contributed by atoms with Crippen LogP contribution in [-0.4, -0.2) is 28.2 Å².